The number of urea groups is 1. The van der Waals surface area contributed by atoms with Gasteiger partial charge in [-0.1, -0.05) is 29.5 Å². The van der Waals surface area contributed by atoms with Crippen LogP contribution in [0.4, 0.5) is 4.79 Å². The maximum Gasteiger partial charge on any atom is 0.320 e. The number of hydrogen-bond acceptors (Lipinski definition) is 5. The molecule has 1 aromatic heterocycles. The molecule has 2 amide bonds. The first-order chi connectivity index (χ1) is 17.0. The van der Waals surface area contributed by atoms with Crippen LogP contribution >= 0.6 is 0 Å². The number of benzene rings is 1. The lowest BCUT2D eigenvalue weighted by atomic mass is 9.61. The van der Waals surface area contributed by atoms with Crippen molar-refractivity contribution in [2.24, 2.45) is 21.6 Å². The van der Waals surface area contributed by atoms with Crippen LogP contribution in [-0.2, 0) is 5.41 Å². The standard InChI is InChI=1S/C25H31N9O/c26-22(29-31-27)25(7-8-25)19-5-3-16(4-6-19)18-11-32(12-18)23(35)33-13-24(14-33)9-20(10-24)34-15-28-21(30-34)17-1-2-17/h3-6,15,17-18,20H,1-2,7-14H2,(H3,26,27,29). The number of likely N-dealkylation sites (tertiary alicyclic amines) is 2. The zero-order valence-corrected chi connectivity index (χ0v) is 19.8. The van der Waals surface area contributed by atoms with Gasteiger partial charge in [0.1, 0.15) is 6.33 Å². The number of nitrogens with one attached hydrogen (secondary N) is 1. The summed E-state index contributed by atoms with van der Waals surface area (Å²) in [6.07, 6.45) is 8.39. The fraction of sp³-hybridized carbons (Fsp3) is 0.600. The summed E-state index contributed by atoms with van der Waals surface area (Å²) in [6.45, 7) is 3.29. The van der Waals surface area contributed by atoms with Gasteiger partial charge < -0.3 is 15.6 Å². The molecule has 0 bridgehead atoms. The number of carbonyl (C=O) groups is 1. The molecule has 2 aromatic rings. The van der Waals surface area contributed by atoms with E-state index >= 15 is 0 Å². The van der Waals surface area contributed by atoms with Crippen LogP contribution < -0.4 is 5.84 Å². The quantitative estimate of drug-likeness (QED) is 0.227. The molecule has 0 radical (unpaired) electrons. The molecule has 3 N–H and O–H groups in total. The maximum absolute atomic E-state index is 13.0. The summed E-state index contributed by atoms with van der Waals surface area (Å²) in [5.74, 6) is 7.37. The first-order valence-corrected chi connectivity index (χ1v) is 12.7. The predicted molar refractivity (Wildman–Crippen MR) is 128 cm³/mol. The van der Waals surface area contributed by atoms with Gasteiger partial charge in [0, 0.05) is 43.4 Å². The highest BCUT2D eigenvalue weighted by atomic mass is 16.2. The first-order valence-electron chi connectivity index (χ1n) is 12.7. The van der Waals surface area contributed by atoms with Crippen LogP contribution in [0.25, 0.3) is 0 Å². The van der Waals surface area contributed by atoms with Gasteiger partial charge >= 0.3 is 6.03 Å². The molecule has 2 aliphatic heterocycles. The average molecular weight is 474 g/mol. The second kappa shape index (κ2) is 7.35. The van der Waals surface area contributed by atoms with E-state index in [1.165, 1.54) is 18.4 Å². The van der Waals surface area contributed by atoms with E-state index in [1.54, 1.807) is 0 Å². The molecule has 1 aromatic carbocycles. The van der Waals surface area contributed by atoms with E-state index in [0.29, 0.717) is 23.3 Å². The number of rotatable bonds is 5. The van der Waals surface area contributed by atoms with Crippen molar-refractivity contribution in [3.8, 4) is 0 Å². The van der Waals surface area contributed by atoms with Crippen molar-refractivity contribution in [2.45, 2.75) is 61.8 Å². The van der Waals surface area contributed by atoms with Crippen LogP contribution in [0.1, 0.15) is 73.4 Å². The van der Waals surface area contributed by atoms with E-state index in [9.17, 15) is 4.79 Å². The van der Waals surface area contributed by atoms with Crippen LogP contribution in [0, 0.1) is 10.8 Å². The van der Waals surface area contributed by atoms with Crippen molar-refractivity contribution in [3.63, 3.8) is 0 Å². The number of carbonyl (C=O) groups excluding carboxylic acids is 1. The molecule has 0 unspecified atom stereocenters. The third kappa shape index (κ3) is 3.36. The van der Waals surface area contributed by atoms with Crippen molar-refractivity contribution >= 4 is 11.9 Å². The molecular formula is C25H31N9O. The largest absolute Gasteiger partial charge is 0.323 e. The van der Waals surface area contributed by atoms with E-state index in [2.05, 4.69) is 44.3 Å². The molecule has 10 nitrogen and oxygen atoms in total. The molecule has 2 saturated heterocycles. The van der Waals surface area contributed by atoms with Gasteiger partial charge in [-0.15, -0.1) is 5.11 Å². The van der Waals surface area contributed by atoms with Gasteiger partial charge in [0.05, 0.1) is 11.5 Å². The minimum atomic E-state index is -0.315. The van der Waals surface area contributed by atoms with E-state index in [1.807, 2.05) is 16.1 Å². The monoisotopic (exact) mass is 473 g/mol. The van der Waals surface area contributed by atoms with Crippen LogP contribution in [0.3, 0.4) is 0 Å². The van der Waals surface area contributed by atoms with Gasteiger partial charge in [0.25, 0.3) is 0 Å². The van der Waals surface area contributed by atoms with Crippen LogP contribution in [0.15, 0.2) is 40.9 Å². The summed E-state index contributed by atoms with van der Waals surface area (Å²) in [7, 11) is 0. The van der Waals surface area contributed by atoms with Gasteiger partial charge in [-0.05, 0) is 49.7 Å². The Morgan fingerprint density at radius 2 is 1.77 bits per heavy atom. The van der Waals surface area contributed by atoms with Gasteiger partial charge in [-0.3, -0.25) is 5.41 Å². The van der Waals surface area contributed by atoms with E-state index in [0.717, 1.165) is 63.3 Å². The Bertz CT molecular complexity index is 1190. The first kappa shape index (κ1) is 21.0. The predicted octanol–water partition coefficient (Wildman–Crippen LogP) is 3.35. The molecule has 10 heteroatoms. The topological polar surface area (TPSA) is 129 Å². The lowest BCUT2D eigenvalue weighted by Gasteiger charge is -2.60. The fourth-order valence-corrected chi connectivity index (χ4v) is 6.34. The molecule has 0 atom stereocenters. The Balaban J connectivity index is 0.890. The molecule has 3 heterocycles. The van der Waals surface area contributed by atoms with Crippen molar-refractivity contribution < 1.29 is 4.79 Å². The van der Waals surface area contributed by atoms with Crippen LogP contribution in [-0.4, -0.2) is 62.6 Å². The average Bonchev–Trinajstić information content (AvgIpc) is 3.70. The highest BCUT2D eigenvalue weighted by Crippen LogP contribution is 2.54. The van der Waals surface area contributed by atoms with Crippen molar-refractivity contribution in [1.29, 1.82) is 5.41 Å². The molecule has 5 aliphatic rings. The summed E-state index contributed by atoms with van der Waals surface area (Å²) in [5, 5.41) is 19.9. The highest BCUT2D eigenvalue weighted by molar-refractivity contribution is 5.93. The van der Waals surface area contributed by atoms with Crippen molar-refractivity contribution in [1.82, 2.24) is 24.6 Å². The number of aromatic nitrogens is 3. The Labute approximate surface area is 204 Å². The molecule has 182 valence electrons. The summed E-state index contributed by atoms with van der Waals surface area (Å²) >= 11 is 0. The van der Waals surface area contributed by atoms with Crippen LogP contribution in [0.2, 0.25) is 0 Å². The Hall–Kier alpha value is -3.30. The third-order valence-corrected chi connectivity index (χ3v) is 8.95. The van der Waals surface area contributed by atoms with Gasteiger partial charge in [0.2, 0.25) is 0 Å². The number of amides is 2. The van der Waals surface area contributed by atoms with Gasteiger partial charge in [0.15, 0.2) is 11.7 Å². The molecule has 3 saturated carbocycles. The zero-order chi connectivity index (χ0) is 23.8. The Morgan fingerprint density at radius 1 is 1.06 bits per heavy atom. The molecule has 3 aliphatic carbocycles. The summed E-state index contributed by atoms with van der Waals surface area (Å²) < 4.78 is 2.06. The highest BCUT2D eigenvalue weighted by Gasteiger charge is 2.56. The lowest BCUT2D eigenvalue weighted by Crippen LogP contribution is -2.67. The third-order valence-electron chi connectivity index (χ3n) is 8.95. The SMILES string of the molecule is N=C(N=NN)C1(c2ccc(C3CN(C(=O)N4CC5(CC(n6cnc(C7CC7)n6)C5)C4)C3)cc2)CC1. The van der Waals surface area contributed by atoms with Crippen molar-refractivity contribution in [2.75, 3.05) is 26.2 Å². The number of nitrogens with zero attached hydrogens (tertiary/aromatic N) is 7. The lowest BCUT2D eigenvalue weighted by molar-refractivity contribution is -0.0771. The van der Waals surface area contributed by atoms with Gasteiger partial charge in [-0.25, -0.2) is 14.5 Å². The fourth-order valence-electron chi connectivity index (χ4n) is 6.34. The summed E-state index contributed by atoms with van der Waals surface area (Å²) in [5.41, 5.74) is 2.33. The Morgan fingerprint density at radius 3 is 2.40 bits per heavy atom. The molecule has 7 rings (SSSR count). The molecule has 1 spiro atoms. The normalized spacial score (nSPS) is 24.8. The summed E-state index contributed by atoms with van der Waals surface area (Å²) in [4.78, 5) is 21.4. The van der Waals surface area contributed by atoms with Gasteiger partial charge in [-0.2, -0.15) is 5.10 Å². The Kier molecular flexibility index (Phi) is 4.41. The number of hydrogen-bond donors (Lipinski definition) is 2. The second-order valence-corrected chi connectivity index (χ2v) is 11.4. The molecule has 5 fully saturated rings. The molecular weight excluding hydrogens is 442 g/mol. The van der Waals surface area contributed by atoms with Crippen molar-refractivity contribution in [3.05, 3.63) is 47.5 Å². The minimum absolute atomic E-state index is 0.182. The van der Waals surface area contributed by atoms with E-state index < -0.39 is 0 Å². The summed E-state index contributed by atoms with van der Waals surface area (Å²) in [6, 6.07) is 9.10. The van der Waals surface area contributed by atoms with E-state index in [4.69, 9.17) is 16.4 Å². The smallest absolute Gasteiger partial charge is 0.320 e. The molecule has 35 heavy (non-hydrogen) atoms. The minimum Gasteiger partial charge on any atom is -0.323 e. The number of amidine groups is 1. The zero-order valence-electron chi connectivity index (χ0n) is 19.8. The van der Waals surface area contributed by atoms with Crippen LogP contribution in [0.5, 0.6) is 0 Å². The maximum atomic E-state index is 13.0. The second-order valence-electron chi connectivity index (χ2n) is 11.4. The van der Waals surface area contributed by atoms with E-state index in [-0.39, 0.29) is 17.3 Å². The number of nitrogens with two attached hydrogens (primary N) is 1.